The summed E-state index contributed by atoms with van der Waals surface area (Å²) in [5.41, 5.74) is 4.73. The van der Waals surface area contributed by atoms with Gasteiger partial charge in [0.15, 0.2) is 5.65 Å². The second-order valence-corrected chi connectivity index (χ2v) is 5.63. The standard InChI is InChI=1S/C17H17N7/c1-11-15-16(19-10-20-17(15)24(2)23-11)18-9-13-8-14(22-21-13)12-6-4-3-5-7-12/h3-8,10H,9H2,1-2H3,(H,21,22)(H,18,19,20). The first-order valence-electron chi connectivity index (χ1n) is 7.70. The van der Waals surface area contributed by atoms with E-state index < -0.39 is 0 Å². The third-order valence-electron chi connectivity index (χ3n) is 3.94. The highest BCUT2D eigenvalue weighted by molar-refractivity contribution is 5.89. The van der Waals surface area contributed by atoms with Gasteiger partial charge in [-0.15, -0.1) is 0 Å². The first-order valence-corrected chi connectivity index (χ1v) is 7.70. The van der Waals surface area contributed by atoms with E-state index in [4.69, 9.17) is 0 Å². The van der Waals surface area contributed by atoms with Crippen LogP contribution in [0, 0.1) is 6.92 Å². The van der Waals surface area contributed by atoms with Gasteiger partial charge < -0.3 is 5.32 Å². The molecule has 3 heterocycles. The van der Waals surface area contributed by atoms with Gasteiger partial charge in [0.1, 0.15) is 12.1 Å². The number of aromatic amines is 1. The van der Waals surface area contributed by atoms with Gasteiger partial charge in [-0.25, -0.2) is 9.97 Å². The molecule has 0 aliphatic carbocycles. The van der Waals surface area contributed by atoms with Crippen LogP contribution in [-0.4, -0.2) is 29.9 Å². The SMILES string of the molecule is Cc1nn(C)c2ncnc(NCc3cc(-c4ccccc4)n[nH]3)c12. The molecule has 7 heteroatoms. The van der Waals surface area contributed by atoms with E-state index in [0.717, 1.165) is 39.5 Å². The normalized spacial score (nSPS) is 11.1. The number of hydrogen-bond acceptors (Lipinski definition) is 5. The zero-order chi connectivity index (χ0) is 16.5. The molecular weight excluding hydrogens is 302 g/mol. The van der Waals surface area contributed by atoms with Gasteiger partial charge in [0.25, 0.3) is 0 Å². The maximum atomic E-state index is 4.40. The minimum Gasteiger partial charge on any atom is -0.364 e. The van der Waals surface area contributed by atoms with E-state index in [2.05, 4.69) is 30.6 Å². The van der Waals surface area contributed by atoms with Crippen molar-refractivity contribution in [3.8, 4) is 11.3 Å². The highest BCUT2D eigenvalue weighted by Crippen LogP contribution is 2.23. The van der Waals surface area contributed by atoms with E-state index in [0.29, 0.717) is 6.54 Å². The van der Waals surface area contributed by atoms with Crippen LogP contribution in [0.4, 0.5) is 5.82 Å². The van der Waals surface area contributed by atoms with E-state index in [1.807, 2.05) is 50.4 Å². The average molecular weight is 319 g/mol. The fourth-order valence-electron chi connectivity index (χ4n) is 2.80. The Hall–Kier alpha value is -3.22. The number of H-pyrrole nitrogens is 1. The Morgan fingerprint density at radius 1 is 1.17 bits per heavy atom. The van der Waals surface area contributed by atoms with E-state index in [1.165, 1.54) is 0 Å². The van der Waals surface area contributed by atoms with Gasteiger partial charge in [0.05, 0.1) is 29.0 Å². The molecule has 4 aromatic rings. The lowest BCUT2D eigenvalue weighted by atomic mass is 10.1. The largest absolute Gasteiger partial charge is 0.364 e. The van der Waals surface area contributed by atoms with E-state index >= 15 is 0 Å². The molecule has 3 aromatic heterocycles. The Kier molecular flexibility index (Phi) is 3.45. The smallest absolute Gasteiger partial charge is 0.163 e. The molecule has 0 bridgehead atoms. The number of benzene rings is 1. The summed E-state index contributed by atoms with van der Waals surface area (Å²) in [5, 5.41) is 16.1. The molecule has 0 atom stereocenters. The predicted octanol–water partition coefficient (Wildman–Crippen LogP) is 2.67. The van der Waals surface area contributed by atoms with E-state index in [9.17, 15) is 0 Å². The lowest BCUT2D eigenvalue weighted by Crippen LogP contribution is -2.03. The summed E-state index contributed by atoms with van der Waals surface area (Å²) in [4.78, 5) is 8.64. The quantitative estimate of drug-likeness (QED) is 0.604. The lowest BCUT2D eigenvalue weighted by Gasteiger charge is -2.05. The molecule has 24 heavy (non-hydrogen) atoms. The van der Waals surface area contributed by atoms with Crippen molar-refractivity contribution in [3.05, 3.63) is 54.1 Å². The second kappa shape index (κ2) is 5.77. The fourth-order valence-corrected chi connectivity index (χ4v) is 2.80. The molecule has 0 unspecified atom stereocenters. The summed E-state index contributed by atoms with van der Waals surface area (Å²) in [5.74, 6) is 0.779. The minimum atomic E-state index is 0.598. The Bertz CT molecular complexity index is 985. The zero-order valence-corrected chi connectivity index (χ0v) is 13.5. The maximum absolute atomic E-state index is 4.40. The molecule has 1 aromatic carbocycles. The molecule has 7 nitrogen and oxygen atoms in total. The van der Waals surface area contributed by atoms with Gasteiger partial charge in [-0.1, -0.05) is 30.3 Å². The summed E-state index contributed by atoms with van der Waals surface area (Å²) >= 11 is 0. The van der Waals surface area contributed by atoms with Crippen molar-refractivity contribution in [2.75, 3.05) is 5.32 Å². The number of nitrogens with one attached hydrogen (secondary N) is 2. The van der Waals surface area contributed by atoms with Crippen molar-refractivity contribution >= 4 is 16.9 Å². The van der Waals surface area contributed by atoms with Crippen molar-refractivity contribution in [3.63, 3.8) is 0 Å². The Labute approximate surface area is 138 Å². The Balaban J connectivity index is 1.57. The predicted molar refractivity (Wildman–Crippen MR) is 92.4 cm³/mol. The van der Waals surface area contributed by atoms with E-state index in [-0.39, 0.29) is 0 Å². The van der Waals surface area contributed by atoms with Crippen LogP contribution in [0.15, 0.2) is 42.7 Å². The van der Waals surface area contributed by atoms with Crippen molar-refractivity contribution in [1.29, 1.82) is 0 Å². The summed E-state index contributed by atoms with van der Waals surface area (Å²) in [7, 11) is 1.88. The molecule has 0 fully saturated rings. The third-order valence-corrected chi connectivity index (χ3v) is 3.94. The second-order valence-electron chi connectivity index (χ2n) is 5.63. The van der Waals surface area contributed by atoms with Crippen LogP contribution in [-0.2, 0) is 13.6 Å². The molecule has 0 saturated heterocycles. The summed E-state index contributed by atoms with van der Waals surface area (Å²) in [6, 6.07) is 12.1. The van der Waals surface area contributed by atoms with Crippen molar-refractivity contribution in [1.82, 2.24) is 29.9 Å². The van der Waals surface area contributed by atoms with Crippen LogP contribution in [0.3, 0.4) is 0 Å². The summed E-state index contributed by atoms with van der Waals surface area (Å²) in [6.07, 6.45) is 1.55. The van der Waals surface area contributed by atoms with Gasteiger partial charge in [0.2, 0.25) is 0 Å². The number of rotatable bonds is 4. The van der Waals surface area contributed by atoms with Gasteiger partial charge in [-0.05, 0) is 13.0 Å². The fraction of sp³-hybridized carbons (Fsp3) is 0.176. The van der Waals surface area contributed by atoms with Crippen molar-refractivity contribution in [2.45, 2.75) is 13.5 Å². The van der Waals surface area contributed by atoms with Crippen LogP contribution < -0.4 is 5.32 Å². The van der Waals surface area contributed by atoms with Gasteiger partial charge in [-0.3, -0.25) is 9.78 Å². The topological polar surface area (TPSA) is 84.3 Å². The minimum absolute atomic E-state index is 0.598. The third kappa shape index (κ3) is 2.50. The first-order chi connectivity index (χ1) is 11.7. The van der Waals surface area contributed by atoms with Gasteiger partial charge in [-0.2, -0.15) is 10.2 Å². The number of aryl methyl sites for hydroxylation is 2. The number of anilines is 1. The first kappa shape index (κ1) is 14.4. The molecule has 4 rings (SSSR count). The number of nitrogens with zero attached hydrogens (tertiary/aromatic N) is 5. The number of hydrogen-bond donors (Lipinski definition) is 2. The molecule has 0 saturated carbocycles. The lowest BCUT2D eigenvalue weighted by molar-refractivity contribution is 0.773. The van der Waals surface area contributed by atoms with Crippen molar-refractivity contribution < 1.29 is 0 Å². The molecule has 120 valence electrons. The number of fused-ring (bicyclic) bond motifs is 1. The van der Waals surface area contributed by atoms with Crippen LogP contribution in [0.25, 0.3) is 22.3 Å². The summed E-state index contributed by atoms with van der Waals surface area (Å²) < 4.78 is 1.77. The molecule has 0 aliphatic heterocycles. The van der Waals surface area contributed by atoms with Gasteiger partial charge in [0, 0.05) is 12.6 Å². The van der Waals surface area contributed by atoms with Crippen LogP contribution >= 0.6 is 0 Å². The Morgan fingerprint density at radius 3 is 2.83 bits per heavy atom. The molecule has 0 spiro atoms. The molecule has 0 aliphatic rings. The van der Waals surface area contributed by atoms with Crippen LogP contribution in [0.1, 0.15) is 11.4 Å². The molecular formula is C17H17N7. The van der Waals surface area contributed by atoms with Crippen LogP contribution in [0.2, 0.25) is 0 Å². The zero-order valence-electron chi connectivity index (χ0n) is 13.5. The number of aromatic nitrogens is 6. The van der Waals surface area contributed by atoms with Gasteiger partial charge >= 0.3 is 0 Å². The summed E-state index contributed by atoms with van der Waals surface area (Å²) in [6.45, 7) is 2.56. The van der Waals surface area contributed by atoms with Crippen molar-refractivity contribution in [2.24, 2.45) is 7.05 Å². The monoisotopic (exact) mass is 319 g/mol. The highest BCUT2D eigenvalue weighted by Gasteiger charge is 2.12. The molecule has 0 amide bonds. The Morgan fingerprint density at radius 2 is 2.00 bits per heavy atom. The molecule has 2 N–H and O–H groups in total. The highest BCUT2D eigenvalue weighted by atomic mass is 15.3. The molecule has 0 radical (unpaired) electrons. The maximum Gasteiger partial charge on any atom is 0.163 e. The van der Waals surface area contributed by atoms with E-state index in [1.54, 1.807) is 11.0 Å². The van der Waals surface area contributed by atoms with Crippen LogP contribution in [0.5, 0.6) is 0 Å². The average Bonchev–Trinajstić information content (AvgIpc) is 3.19.